The molecule has 0 bridgehead atoms. The van der Waals surface area contributed by atoms with Crippen LogP contribution in [0.5, 0.6) is 11.5 Å². The second-order valence-corrected chi connectivity index (χ2v) is 9.08. The molecule has 186 valence electrons. The summed E-state index contributed by atoms with van der Waals surface area (Å²) in [6.45, 7) is 3.82. The van der Waals surface area contributed by atoms with E-state index < -0.39 is 6.10 Å². The molecule has 0 radical (unpaired) electrons. The minimum Gasteiger partial charge on any atom is -0.504 e. The Kier molecular flexibility index (Phi) is 10.2. The Bertz CT molecular complexity index is 922. The first-order chi connectivity index (χ1) is 16.5. The predicted molar refractivity (Wildman–Crippen MR) is 133 cm³/mol. The van der Waals surface area contributed by atoms with Gasteiger partial charge in [0.25, 0.3) is 0 Å². The molecule has 2 N–H and O–H groups in total. The Morgan fingerprint density at radius 3 is 2.88 bits per heavy atom. The highest BCUT2D eigenvalue weighted by Gasteiger charge is 2.26. The van der Waals surface area contributed by atoms with Crippen LogP contribution in [0.3, 0.4) is 0 Å². The van der Waals surface area contributed by atoms with Gasteiger partial charge in [0, 0.05) is 44.5 Å². The molecule has 0 aromatic heterocycles. The number of hydrogen-bond donors (Lipinski definition) is 2. The average Bonchev–Trinajstić information content (AvgIpc) is 3.39. The summed E-state index contributed by atoms with van der Waals surface area (Å²) < 4.78 is 11.0. The lowest BCUT2D eigenvalue weighted by Crippen LogP contribution is -2.23. The molecule has 2 aliphatic heterocycles. The molecule has 0 fully saturated rings. The number of allylic oxidation sites excluding steroid dienone is 1. The predicted octanol–water partition coefficient (Wildman–Crippen LogP) is 4.53. The highest BCUT2D eigenvalue weighted by molar-refractivity contribution is 6.09. The lowest BCUT2D eigenvalue weighted by molar-refractivity contribution is -0.121. The van der Waals surface area contributed by atoms with Gasteiger partial charge in [0.2, 0.25) is 0 Å². The molecule has 0 unspecified atom stereocenters. The molecular formula is C27H38N2O5. The standard InChI is InChI=1S/C27H38N2O5/c1-3-4-5-8-22(30)15-23(31)11-9-20-10-12-26(32)27(14-20)34-19-29-17-24-21(7-6-13-33-2)16-28-25(24)18-29/h10,12,14,16-17,22,30,32H,3-9,11,13,15,18-19H2,1-2H3/t22-/m1/s1. The topological polar surface area (TPSA) is 91.6 Å². The number of aryl methyl sites for hydroxylation is 1. The monoisotopic (exact) mass is 470 g/mol. The summed E-state index contributed by atoms with van der Waals surface area (Å²) in [5.41, 5.74) is 4.35. The van der Waals surface area contributed by atoms with E-state index >= 15 is 0 Å². The molecule has 0 spiro atoms. The third-order valence-electron chi connectivity index (χ3n) is 6.20. The minimum atomic E-state index is -0.549. The van der Waals surface area contributed by atoms with Gasteiger partial charge in [0.15, 0.2) is 18.2 Å². The fourth-order valence-corrected chi connectivity index (χ4v) is 4.24. The van der Waals surface area contributed by atoms with Crippen LogP contribution in [0.25, 0.3) is 0 Å². The number of unbranched alkanes of at least 4 members (excludes halogenated alkanes) is 2. The molecule has 2 heterocycles. The lowest BCUT2D eigenvalue weighted by atomic mass is 10.0. The van der Waals surface area contributed by atoms with E-state index in [-0.39, 0.29) is 18.0 Å². The number of aliphatic hydroxyl groups is 1. The third kappa shape index (κ3) is 7.71. The molecule has 3 rings (SSSR count). The van der Waals surface area contributed by atoms with Gasteiger partial charge in [-0.3, -0.25) is 9.79 Å². The number of carbonyl (C=O) groups is 1. The Morgan fingerprint density at radius 2 is 2.09 bits per heavy atom. The molecule has 0 aliphatic carbocycles. The molecule has 0 saturated heterocycles. The van der Waals surface area contributed by atoms with Crippen molar-refractivity contribution in [1.82, 2.24) is 4.90 Å². The normalized spacial score (nSPS) is 15.6. The Hall–Kier alpha value is -2.64. The van der Waals surface area contributed by atoms with Crippen molar-refractivity contribution in [1.29, 1.82) is 0 Å². The molecule has 0 saturated carbocycles. The van der Waals surface area contributed by atoms with Crippen LogP contribution in [0.2, 0.25) is 0 Å². The number of aliphatic imine (C=N–C) groups is 1. The zero-order valence-corrected chi connectivity index (χ0v) is 20.5. The van der Waals surface area contributed by atoms with Gasteiger partial charge in [0.1, 0.15) is 5.78 Å². The number of methoxy groups -OCH3 is 1. The van der Waals surface area contributed by atoms with Gasteiger partial charge in [0.05, 0.1) is 18.4 Å². The van der Waals surface area contributed by atoms with E-state index in [0.29, 0.717) is 38.3 Å². The summed E-state index contributed by atoms with van der Waals surface area (Å²) >= 11 is 0. The van der Waals surface area contributed by atoms with E-state index in [1.807, 2.05) is 11.1 Å². The van der Waals surface area contributed by atoms with Gasteiger partial charge >= 0.3 is 0 Å². The zero-order valence-electron chi connectivity index (χ0n) is 20.5. The maximum absolute atomic E-state index is 12.2. The molecule has 7 nitrogen and oxygen atoms in total. The third-order valence-corrected chi connectivity index (χ3v) is 6.20. The number of phenols is 1. The number of Topliss-reactive ketones (excluding diaryl/α,β-unsaturated/α-hetero) is 1. The van der Waals surface area contributed by atoms with Gasteiger partial charge in [-0.25, -0.2) is 0 Å². The Labute approximate surface area is 202 Å². The maximum Gasteiger partial charge on any atom is 0.163 e. The molecule has 2 aliphatic rings. The molecule has 1 atom stereocenters. The first-order valence-electron chi connectivity index (χ1n) is 12.4. The Morgan fingerprint density at radius 1 is 1.24 bits per heavy atom. The molecule has 0 amide bonds. The lowest BCUT2D eigenvalue weighted by Gasteiger charge is -2.17. The number of aliphatic hydroxyl groups excluding tert-OH is 1. The van der Waals surface area contributed by atoms with E-state index in [0.717, 1.165) is 55.6 Å². The van der Waals surface area contributed by atoms with Gasteiger partial charge in [-0.05, 0) is 49.0 Å². The smallest absolute Gasteiger partial charge is 0.163 e. The number of fused-ring (bicyclic) bond motifs is 1. The van der Waals surface area contributed by atoms with Gasteiger partial charge in [-0.2, -0.15) is 0 Å². The maximum atomic E-state index is 12.2. The molecule has 1 aromatic carbocycles. The first kappa shape index (κ1) is 26.0. The van der Waals surface area contributed by atoms with E-state index in [4.69, 9.17) is 9.47 Å². The van der Waals surface area contributed by atoms with Crippen molar-refractivity contribution in [3.8, 4) is 11.5 Å². The van der Waals surface area contributed by atoms with Crippen molar-refractivity contribution in [2.24, 2.45) is 4.99 Å². The van der Waals surface area contributed by atoms with E-state index in [1.165, 1.54) is 5.57 Å². The van der Waals surface area contributed by atoms with Gasteiger partial charge in [-0.15, -0.1) is 0 Å². The van der Waals surface area contributed by atoms with Crippen molar-refractivity contribution in [2.75, 3.05) is 27.0 Å². The summed E-state index contributed by atoms with van der Waals surface area (Å²) in [5.74, 6) is 0.536. The van der Waals surface area contributed by atoms with Crippen molar-refractivity contribution < 1.29 is 24.5 Å². The van der Waals surface area contributed by atoms with Crippen LogP contribution >= 0.6 is 0 Å². The largest absolute Gasteiger partial charge is 0.504 e. The number of hydrogen-bond acceptors (Lipinski definition) is 7. The van der Waals surface area contributed by atoms with E-state index in [1.54, 1.807) is 25.3 Å². The molecule has 7 heteroatoms. The fourth-order valence-electron chi connectivity index (χ4n) is 4.24. The number of rotatable bonds is 16. The second kappa shape index (κ2) is 13.3. The molecule has 1 aromatic rings. The van der Waals surface area contributed by atoms with Crippen LogP contribution in [0.1, 0.15) is 63.9 Å². The minimum absolute atomic E-state index is 0.0601. The van der Waals surface area contributed by atoms with Crippen molar-refractivity contribution in [3.05, 3.63) is 47.3 Å². The highest BCUT2D eigenvalue weighted by atomic mass is 16.5. The number of ketones is 1. The van der Waals surface area contributed by atoms with Crippen LogP contribution < -0.4 is 4.74 Å². The summed E-state index contributed by atoms with van der Waals surface area (Å²) in [7, 11) is 1.71. The van der Waals surface area contributed by atoms with Crippen LogP contribution in [-0.4, -0.2) is 59.7 Å². The van der Waals surface area contributed by atoms with Gasteiger partial charge in [-0.1, -0.05) is 32.3 Å². The first-order valence-corrected chi connectivity index (χ1v) is 12.4. The van der Waals surface area contributed by atoms with Crippen molar-refractivity contribution in [3.63, 3.8) is 0 Å². The molecule has 34 heavy (non-hydrogen) atoms. The number of benzene rings is 1. The van der Waals surface area contributed by atoms with Gasteiger partial charge < -0.3 is 24.6 Å². The highest BCUT2D eigenvalue weighted by Crippen LogP contribution is 2.31. The SMILES string of the molecule is CCCCC[C@@H](O)CC(=O)CCc1ccc(O)c(OCN2C=C3C(CCCOC)=CN=C3C2)c1. The number of carbonyl (C=O) groups excluding carboxylic acids is 1. The zero-order chi connectivity index (χ0) is 24.3. The quantitative estimate of drug-likeness (QED) is 0.345. The Balaban J connectivity index is 1.46. The number of ether oxygens (including phenoxy) is 2. The number of nitrogens with zero attached hydrogens (tertiary/aromatic N) is 2. The number of aromatic hydroxyl groups is 1. The summed E-state index contributed by atoms with van der Waals surface area (Å²) in [6.07, 6.45) is 10.3. The second-order valence-electron chi connectivity index (χ2n) is 9.08. The van der Waals surface area contributed by atoms with Crippen LogP contribution in [0.15, 0.2) is 46.7 Å². The number of phenolic OH excluding ortho intramolecular Hbond substituents is 1. The van der Waals surface area contributed by atoms with Crippen LogP contribution in [0.4, 0.5) is 0 Å². The van der Waals surface area contributed by atoms with Crippen molar-refractivity contribution >= 4 is 11.5 Å². The van der Waals surface area contributed by atoms with Crippen LogP contribution in [0, 0.1) is 0 Å². The van der Waals surface area contributed by atoms with E-state index in [9.17, 15) is 15.0 Å². The van der Waals surface area contributed by atoms with E-state index in [2.05, 4.69) is 18.1 Å². The summed E-state index contributed by atoms with van der Waals surface area (Å²) in [5, 5.41) is 20.3. The van der Waals surface area contributed by atoms with Crippen LogP contribution in [-0.2, 0) is 16.0 Å². The summed E-state index contributed by atoms with van der Waals surface area (Å²) in [4.78, 5) is 18.8. The fraction of sp³-hybridized carbons (Fsp3) is 0.556. The molecular weight excluding hydrogens is 432 g/mol. The van der Waals surface area contributed by atoms with Crippen molar-refractivity contribution in [2.45, 2.75) is 70.8 Å². The summed E-state index contributed by atoms with van der Waals surface area (Å²) in [6, 6.07) is 5.20. The average molecular weight is 471 g/mol.